The largest absolute Gasteiger partial charge is 0.651 e. The maximum absolute atomic E-state index is 10.2. The van der Waals surface area contributed by atoms with Crippen LogP contribution in [0.1, 0.15) is 0 Å². The smallest absolute Gasteiger partial charge is 0.0652 e. The van der Waals surface area contributed by atoms with Gasteiger partial charge in [-0.3, -0.25) is 0 Å². The molecule has 0 radical (unpaired) electrons. The molecule has 0 aromatic heterocycles. The van der Waals surface area contributed by atoms with Gasteiger partial charge in [-0.25, -0.2) is 0 Å². The number of amides is 1. The van der Waals surface area contributed by atoms with Crippen LogP contribution in [0.25, 0.3) is 5.32 Å². The summed E-state index contributed by atoms with van der Waals surface area (Å²) in [4.78, 5) is 10.2. The third-order valence-electron chi connectivity index (χ3n) is 0.853. The summed E-state index contributed by atoms with van der Waals surface area (Å²) in [6.07, 6.45) is 0. The molecule has 1 heterocycles. The van der Waals surface area contributed by atoms with E-state index in [-0.39, 0.29) is 27.0 Å². The number of nitrogens with one attached hydrogen (secondary N) is 1. The summed E-state index contributed by atoms with van der Waals surface area (Å²) in [5, 5.41) is 6.52. The number of hydrogen-bond acceptors (Lipinski definition) is 2. The molecule has 1 N–H and O–H groups in total. The summed E-state index contributed by atoms with van der Waals surface area (Å²) < 4.78 is 0. The molecule has 0 unspecified atom stereocenters. The quantitative estimate of drug-likeness (QED) is 0.650. The first-order valence-corrected chi connectivity index (χ1v) is 2.30. The zero-order valence-electron chi connectivity index (χ0n) is 4.39. The van der Waals surface area contributed by atoms with Gasteiger partial charge >= 0.3 is 0 Å². The zero-order chi connectivity index (χ0) is 5.11. The maximum Gasteiger partial charge on any atom is 0.0652 e. The molecule has 0 spiro atoms. The average molecular weight is 283 g/mol. The molecule has 4 heteroatoms. The first-order valence-electron chi connectivity index (χ1n) is 2.30. The Hall–Kier alpha value is 0.118. The number of hydrogen-bond donors (Lipinski definition) is 1. The van der Waals surface area contributed by atoms with Gasteiger partial charge < -0.3 is 15.4 Å². The van der Waals surface area contributed by atoms with Crippen molar-refractivity contribution in [1.29, 1.82) is 0 Å². The summed E-state index contributed by atoms with van der Waals surface area (Å²) in [6, 6.07) is 0. The van der Waals surface area contributed by atoms with E-state index < -0.39 is 0 Å². The third-order valence-corrected chi connectivity index (χ3v) is 0.853. The molecule has 1 fully saturated rings. The molecule has 0 saturated carbocycles. The molecule has 1 rings (SSSR count). The molecule has 0 aromatic rings. The van der Waals surface area contributed by atoms with Crippen LogP contribution in [-0.4, -0.2) is 25.5 Å². The Balaban J connectivity index is 0.000000490. The van der Waals surface area contributed by atoms with Crippen molar-refractivity contribution in [3.05, 3.63) is 5.32 Å². The van der Waals surface area contributed by atoms with E-state index in [4.69, 9.17) is 0 Å². The van der Waals surface area contributed by atoms with E-state index in [9.17, 15) is 4.79 Å². The van der Waals surface area contributed by atoms with Gasteiger partial charge in [-0.1, -0.05) is 0 Å². The first-order chi connectivity index (χ1) is 3.39. The van der Waals surface area contributed by atoms with Crippen LogP contribution >= 0.6 is 0 Å². The molecule has 8 heavy (non-hydrogen) atoms. The minimum atomic E-state index is -0.0220. The van der Waals surface area contributed by atoms with Crippen molar-refractivity contribution >= 4 is 5.91 Å². The van der Waals surface area contributed by atoms with Crippen LogP contribution in [0, 0.1) is 0 Å². The summed E-state index contributed by atoms with van der Waals surface area (Å²) in [5.74, 6) is -0.0220. The van der Waals surface area contributed by atoms with E-state index in [0.717, 1.165) is 6.54 Å². The molecule has 1 amide bonds. The molecule has 1 aliphatic rings. The van der Waals surface area contributed by atoms with E-state index in [2.05, 4.69) is 10.6 Å². The predicted octanol–water partition coefficient (Wildman–Crippen LogP) is -0.513. The van der Waals surface area contributed by atoms with Crippen molar-refractivity contribution in [2.45, 2.75) is 0 Å². The number of piperazine rings is 1. The van der Waals surface area contributed by atoms with E-state index in [1.165, 1.54) is 0 Å². The summed E-state index contributed by atoms with van der Waals surface area (Å²) in [6.45, 7) is 1.94. The Morgan fingerprint density at radius 1 is 1.62 bits per heavy atom. The van der Waals surface area contributed by atoms with Crippen LogP contribution in [0.15, 0.2) is 0 Å². The van der Waals surface area contributed by atoms with Crippen molar-refractivity contribution in [2.24, 2.45) is 0 Å². The Bertz CT molecular complexity index is 78.1. The van der Waals surface area contributed by atoms with Crippen molar-refractivity contribution < 1.29 is 25.9 Å². The standard InChI is InChI=1S/C4H8N2O.W/c7-4-3-5-1-2-6-4;/h5H,1-3H2,(H,6,7);/p-1. The Kier molecular flexibility index (Phi) is 4.10. The molecule has 46 valence electrons. The van der Waals surface area contributed by atoms with E-state index in [1.807, 2.05) is 0 Å². The van der Waals surface area contributed by atoms with Crippen molar-refractivity contribution in [3.8, 4) is 0 Å². The average Bonchev–Trinajstić information content (AvgIpc) is 1.69. The second-order valence-corrected chi connectivity index (χ2v) is 1.45. The fraction of sp³-hybridized carbons (Fsp3) is 0.750. The molecule has 0 atom stereocenters. The van der Waals surface area contributed by atoms with Crippen LogP contribution in [0.4, 0.5) is 0 Å². The number of carbonyl (C=O) groups is 1. The Morgan fingerprint density at radius 2 is 2.38 bits per heavy atom. The number of rotatable bonds is 0. The molecule has 1 saturated heterocycles. The van der Waals surface area contributed by atoms with Crippen molar-refractivity contribution in [3.63, 3.8) is 0 Å². The third kappa shape index (κ3) is 2.43. The van der Waals surface area contributed by atoms with Gasteiger partial charge in [-0.05, 0) is 6.54 Å². The van der Waals surface area contributed by atoms with Crippen molar-refractivity contribution in [1.82, 2.24) is 5.32 Å². The molecular weight excluding hydrogens is 276 g/mol. The van der Waals surface area contributed by atoms with Gasteiger partial charge in [-0.15, -0.1) is 6.54 Å². The summed E-state index contributed by atoms with van der Waals surface area (Å²) in [7, 11) is 0. The molecule has 1 aliphatic heterocycles. The van der Waals surface area contributed by atoms with Gasteiger partial charge in [0.25, 0.3) is 0 Å². The van der Waals surface area contributed by atoms with Gasteiger partial charge in [0.2, 0.25) is 0 Å². The molecule has 0 aromatic carbocycles. The van der Waals surface area contributed by atoms with Crippen LogP contribution in [0.5, 0.6) is 0 Å². The Morgan fingerprint density at radius 3 is 2.62 bits per heavy atom. The maximum atomic E-state index is 10.2. The van der Waals surface area contributed by atoms with Crippen LogP contribution in [-0.2, 0) is 25.9 Å². The zero-order valence-corrected chi connectivity index (χ0v) is 7.32. The van der Waals surface area contributed by atoms with Crippen LogP contribution in [0.2, 0.25) is 0 Å². The van der Waals surface area contributed by atoms with Crippen molar-refractivity contribution in [2.75, 3.05) is 19.6 Å². The Labute approximate surface area is 62.5 Å². The van der Waals surface area contributed by atoms with Gasteiger partial charge in [0, 0.05) is 27.6 Å². The fourth-order valence-corrected chi connectivity index (χ4v) is 0.511. The van der Waals surface area contributed by atoms with E-state index in [0.29, 0.717) is 13.1 Å². The van der Waals surface area contributed by atoms with Crippen LogP contribution < -0.4 is 5.32 Å². The SMILES string of the molecule is O=C1CNCC[N-]1.[W]. The van der Waals surface area contributed by atoms with Crippen LogP contribution in [0.3, 0.4) is 0 Å². The first kappa shape index (κ1) is 8.12. The molecule has 0 aliphatic carbocycles. The van der Waals surface area contributed by atoms with Gasteiger partial charge in [0.15, 0.2) is 0 Å². The van der Waals surface area contributed by atoms with Gasteiger partial charge in [0.1, 0.15) is 0 Å². The van der Waals surface area contributed by atoms with E-state index in [1.54, 1.807) is 0 Å². The monoisotopic (exact) mass is 283 g/mol. The predicted molar refractivity (Wildman–Crippen MR) is 26.1 cm³/mol. The molecule has 0 bridgehead atoms. The second kappa shape index (κ2) is 4.04. The molecular formula is C4H7N2OW-. The van der Waals surface area contributed by atoms with Gasteiger partial charge in [-0.2, -0.15) is 0 Å². The minimum Gasteiger partial charge on any atom is -0.651 e. The summed E-state index contributed by atoms with van der Waals surface area (Å²) >= 11 is 0. The van der Waals surface area contributed by atoms with E-state index >= 15 is 0 Å². The van der Waals surface area contributed by atoms with Gasteiger partial charge in [0.05, 0.1) is 5.91 Å². The second-order valence-electron chi connectivity index (χ2n) is 1.45. The minimum absolute atomic E-state index is 0. The molecule has 3 nitrogen and oxygen atoms in total. The normalized spacial score (nSPS) is 18.8. The summed E-state index contributed by atoms with van der Waals surface area (Å²) in [5.41, 5.74) is 0. The number of carbonyl (C=O) groups excluding carboxylic acids is 1. The topological polar surface area (TPSA) is 43.2 Å². The number of nitrogens with zero attached hydrogens (tertiary/aromatic N) is 1. The fourth-order valence-electron chi connectivity index (χ4n) is 0.511.